The van der Waals surface area contributed by atoms with E-state index in [4.69, 9.17) is 14.9 Å². The third-order valence-corrected chi connectivity index (χ3v) is 4.70. The first-order chi connectivity index (χ1) is 13.6. The number of nitrogens with two attached hydrogens (primary N) is 1. The molecule has 0 spiro atoms. The average molecular weight is 376 g/mol. The molecule has 1 aliphatic rings. The topological polar surface area (TPSA) is 85.8 Å². The Balaban J connectivity index is 1.46. The van der Waals surface area contributed by atoms with Gasteiger partial charge >= 0.3 is 0 Å². The van der Waals surface area contributed by atoms with Gasteiger partial charge in [-0.1, -0.05) is 42.5 Å². The van der Waals surface area contributed by atoms with Gasteiger partial charge in [-0.25, -0.2) is 0 Å². The molecule has 2 amide bonds. The Labute approximate surface area is 162 Å². The molecule has 0 saturated carbocycles. The number of ether oxygens (including phenoxy) is 1. The molecule has 6 nitrogen and oxygen atoms in total. The van der Waals surface area contributed by atoms with Gasteiger partial charge in [-0.15, -0.1) is 0 Å². The molecule has 0 bridgehead atoms. The van der Waals surface area contributed by atoms with Gasteiger partial charge in [0, 0.05) is 18.4 Å². The number of carbonyl (C=O) groups is 2. The van der Waals surface area contributed by atoms with Crippen molar-refractivity contribution in [2.45, 2.75) is 18.9 Å². The Bertz CT molecular complexity index is 997. The van der Waals surface area contributed by atoms with Crippen molar-refractivity contribution >= 4 is 17.5 Å². The van der Waals surface area contributed by atoms with Crippen LogP contribution < -0.4 is 15.4 Å². The van der Waals surface area contributed by atoms with Crippen LogP contribution in [-0.2, 0) is 16.0 Å². The number of amides is 2. The molecule has 1 aliphatic heterocycles. The Hall–Kier alpha value is -3.54. The minimum Gasteiger partial charge on any atom is -0.477 e. The molecule has 4 rings (SSSR count). The number of fused-ring (bicyclic) bond motifs is 1. The van der Waals surface area contributed by atoms with Gasteiger partial charge in [0.05, 0.1) is 12.2 Å². The molecule has 0 aliphatic carbocycles. The number of primary amides is 1. The Morgan fingerprint density at radius 3 is 2.54 bits per heavy atom. The van der Waals surface area contributed by atoms with Crippen molar-refractivity contribution in [2.75, 3.05) is 11.4 Å². The van der Waals surface area contributed by atoms with Crippen molar-refractivity contribution in [2.24, 2.45) is 5.73 Å². The van der Waals surface area contributed by atoms with Gasteiger partial charge in [0.2, 0.25) is 5.91 Å². The zero-order valence-corrected chi connectivity index (χ0v) is 15.2. The molecule has 0 fully saturated rings. The lowest BCUT2D eigenvalue weighted by Gasteiger charge is -2.33. The van der Waals surface area contributed by atoms with Gasteiger partial charge in [0.25, 0.3) is 5.91 Å². The Morgan fingerprint density at radius 1 is 1.00 bits per heavy atom. The minimum atomic E-state index is -0.854. The summed E-state index contributed by atoms with van der Waals surface area (Å²) in [7, 11) is 0. The highest BCUT2D eigenvalue weighted by atomic mass is 16.5. The van der Waals surface area contributed by atoms with Gasteiger partial charge in [-0.2, -0.15) is 0 Å². The van der Waals surface area contributed by atoms with Crippen molar-refractivity contribution in [1.29, 1.82) is 0 Å². The molecule has 2 N–H and O–H groups in total. The predicted octanol–water partition coefficient (Wildman–Crippen LogP) is 3.16. The number of para-hydroxylation sites is 2. The fraction of sp³-hybridized carbons (Fsp3) is 0.182. The molecule has 0 saturated heterocycles. The van der Waals surface area contributed by atoms with Gasteiger partial charge in [-0.3, -0.25) is 9.59 Å². The van der Waals surface area contributed by atoms with Crippen LogP contribution in [0.1, 0.15) is 12.2 Å². The second-order valence-electron chi connectivity index (χ2n) is 6.61. The molecule has 1 atom stereocenters. The lowest BCUT2D eigenvalue weighted by atomic mass is 10.1. The summed E-state index contributed by atoms with van der Waals surface area (Å²) in [6.07, 6.45) is -0.138. The molecule has 2 aromatic carbocycles. The number of hydrogen-bond donors (Lipinski definition) is 1. The molecule has 0 radical (unpaired) electrons. The number of anilines is 1. The highest BCUT2D eigenvalue weighted by Gasteiger charge is 2.32. The zero-order chi connectivity index (χ0) is 19.5. The first kappa shape index (κ1) is 17.9. The van der Waals surface area contributed by atoms with Crippen LogP contribution in [0.15, 0.2) is 71.1 Å². The number of nitrogens with zero attached hydrogens (tertiary/aromatic N) is 1. The fourth-order valence-corrected chi connectivity index (χ4v) is 3.25. The highest BCUT2D eigenvalue weighted by Crippen LogP contribution is 2.33. The van der Waals surface area contributed by atoms with E-state index in [1.54, 1.807) is 23.1 Å². The molecule has 142 valence electrons. The summed E-state index contributed by atoms with van der Waals surface area (Å²) in [6, 6.07) is 20.7. The van der Waals surface area contributed by atoms with Gasteiger partial charge in [0.1, 0.15) is 17.3 Å². The molecular formula is C22H20N2O4. The monoisotopic (exact) mass is 376 g/mol. The number of hydrogen-bond acceptors (Lipinski definition) is 4. The largest absolute Gasteiger partial charge is 0.477 e. The highest BCUT2D eigenvalue weighted by molar-refractivity contribution is 5.97. The third kappa shape index (κ3) is 3.62. The van der Waals surface area contributed by atoms with Crippen molar-refractivity contribution in [3.63, 3.8) is 0 Å². The van der Waals surface area contributed by atoms with E-state index in [9.17, 15) is 9.59 Å². The van der Waals surface area contributed by atoms with Gasteiger partial charge in [0.15, 0.2) is 6.10 Å². The van der Waals surface area contributed by atoms with Crippen molar-refractivity contribution in [3.05, 3.63) is 72.5 Å². The smallest absolute Gasteiger partial charge is 0.260 e. The van der Waals surface area contributed by atoms with Crippen LogP contribution in [-0.4, -0.2) is 24.5 Å². The van der Waals surface area contributed by atoms with Crippen molar-refractivity contribution < 1.29 is 18.7 Å². The summed E-state index contributed by atoms with van der Waals surface area (Å²) < 4.78 is 11.5. The first-order valence-electron chi connectivity index (χ1n) is 9.11. The van der Waals surface area contributed by atoms with Crippen LogP contribution in [0.3, 0.4) is 0 Å². The maximum absolute atomic E-state index is 12.9. The molecule has 2 heterocycles. The van der Waals surface area contributed by atoms with Crippen molar-refractivity contribution in [3.8, 4) is 17.1 Å². The second kappa shape index (κ2) is 7.60. The number of furan rings is 1. The summed E-state index contributed by atoms with van der Waals surface area (Å²) in [5.41, 5.74) is 7.03. The minimum absolute atomic E-state index is 0.110. The molecular weight excluding hydrogens is 356 g/mol. The lowest BCUT2D eigenvalue weighted by Crippen LogP contribution is -2.49. The van der Waals surface area contributed by atoms with Crippen LogP contribution >= 0.6 is 0 Å². The first-order valence-corrected chi connectivity index (χ1v) is 9.11. The summed E-state index contributed by atoms with van der Waals surface area (Å²) in [5.74, 6) is 1.29. The number of aryl methyl sites for hydroxylation is 1. The van der Waals surface area contributed by atoms with E-state index in [1.165, 1.54) is 0 Å². The van der Waals surface area contributed by atoms with Crippen LogP contribution in [0.5, 0.6) is 5.75 Å². The zero-order valence-electron chi connectivity index (χ0n) is 15.2. The van der Waals surface area contributed by atoms with E-state index in [1.807, 2.05) is 48.5 Å². The van der Waals surface area contributed by atoms with Crippen LogP contribution in [0.25, 0.3) is 11.3 Å². The maximum atomic E-state index is 12.9. The Kier molecular flexibility index (Phi) is 4.85. The van der Waals surface area contributed by atoms with Crippen molar-refractivity contribution in [1.82, 2.24) is 0 Å². The fourth-order valence-electron chi connectivity index (χ4n) is 3.25. The van der Waals surface area contributed by atoms with Crippen LogP contribution in [0.4, 0.5) is 5.69 Å². The summed E-state index contributed by atoms with van der Waals surface area (Å²) in [6.45, 7) is 0.110. The molecule has 28 heavy (non-hydrogen) atoms. The SMILES string of the molecule is NC(=O)[C@H]1CN(C(=O)CCc2ccc(-c3ccccc3)o2)c2ccccc2O1. The molecule has 3 aromatic rings. The summed E-state index contributed by atoms with van der Waals surface area (Å²) in [5, 5.41) is 0. The summed E-state index contributed by atoms with van der Waals surface area (Å²) >= 11 is 0. The van der Waals surface area contributed by atoms with Crippen LogP contribution in [0, 0.1) is 0 Å². The quantitative estimate of drug-likeness (QED) is 0.741. The van der Waals surface area contributed by atoms with Gasteiger partial charge in [-0.05, 0) is 24.3 Å². The van der Waals surface area contributed by atoms with E-state index >= 15 is 0 Å². The molecule has 1 aromatic heterocycles. The third-order valence-electron chi connectivity index (χ3n) is 4.70. The van der Waals surface area contributed by atoms with Crippen LogP contribution in [0.2, 0.25) is 0 Å². The van der Waals surface area contributed by atoms with E-state index in [0.717, 1.165) is 17.1 Å². The Morgan fingerprint density at radius 2 is 1.75 bits per heavy atom. The normalized spacial score (nSPS) is 15.6. The number of benzene rings is 2. The average Bonchev–Trinajstić information content (AvgIpc) is 3.21. The second-order valence-corrected chi connectivity index (χ2v) is 6.61. The van der Waals surface area contributed by atoms with Gasteiger partial charge < -0.3 is 19.8 Å². The van der Waals surface area contributed by atoms with E-state index < -0.39 is 12.0 Å². The standard InChI is InChI=1S/C22H20N2O4/c23-22(26)20-14-24(17-8-4-5-9-19(17)28-20)21(25)13-11-16-10-12-18(27-16)15-6-2-1-3-7-15/h1-10,12,20H,11,13-14H2,(H2,23,26)/t20-/m1/s1. The van der Waals surface area contributed by atoms with E-state index in [2.05, 4.69) is 0 Å². The van der Waals surface area contributed by atoms with E-state index in [-0.39, 0.29) is 18.9 Å². The molecule has 0 unspecified atom stereocenters. The maximum Gasteiger partial charge on any atom is 0.260 e. The lowest BCUT2D eigenvalue weighted by molar-refractivity contribution is -0.125. The van der Waals surface area contributed by atoms with E-state index in [0.29, 0.717) is 17.9 Å². The number of carbonyl (C=O) groups excluding carboxylic acids is 2. The molecule has 6 heteroatoms. The predicted molar refractivity (Wildman–Crippen MR) is 105 cm³/mol. The number of rotatable bonds is 5. The summed E-state index contributed by atoms with van der Waals surface area (Å²) in [4.78, 5) is 26.0.